The molecule has 0 amide bonds. The molecular formula is C25H17BClF3N4O. The molecule has 0 aliphatic rings. The minimum atomic E-state index is -4.56. The van der Waals surface area contributed by atoms with E-state index in [4.69, 9.17) is 16.9 Å². The van der Waals surface area contributed by atoms with Crippen molar-refractivity contribution in [3.8, 4) is 28.3 Å². The number of benzene rings is 2. The molecule has 0 atom stereocenters. The van der Waals surface area contributed by atoms with Gasteiger partial charge in [0, 0.05) is 21.9 Å². The minimum Gasteiger partial charge on any atom is -0.267 e. The molecule has 0 aliphatic heterocycles. The van der Waals surface area contributed by atoms with E-state index in [9.17, 15) is 18.0 Å². The highest BCUT2D eigenvalue weighted by Crippen LogP contribution is 2.30. The van der Waals surface area contributed by atoms with Gasteiger partial charge >= 0.3 is 6.18 Å². The molecule has 0 aliphatic carbocycles. The van der Waals surface area contributed by atoms with Crippen molar-refractivity contribution in [2.45, 2.75) is 19.6 Å². The zero-order valence-electron chi connectivity index (χ0n) is 18.7. The number of alkyl halides is 3. The van der Waals surface area contributed by atoms with Crippen LogP contribution < -0.4 is 11.2 Å². The van der Waals surface area contributed by atoms with Gasteiger partial charge in [-0.25, -0.2) is 9.67 Å². The summed E-state index contributed by atoms with van der Waals surface area (Å²) in [5, 5.41) is 14.2. The third-order valence-electron chi connectivity index (χ3n) is 5.57. The van der Waals surface area contributed by atoms with Crippen LogP contribution in [0.15, 0.2) is 65.5 Å². The van der Waals surface area contributed by atoms with Crippen LogP contribution in [0.2, 0.25) is 5.02 Å². The summed E-state index contributed by atoms with van der Waals surface area (Å²) >= 11 is 6.04. The molecule has 0 spiro atoms. The second kappa shape index (κ2) is 9.39. The Bertz CT molecular complexity index is 1510. The molecule has 0 bridgehead atoms. The van der Waals surface area contributed by atoms with Crippen LogP contribution in [0.25, 0.3) is 22.3 Å². The third kappa shape index (κ3) is 4.98. The summed E-state index contributed by atoms with van der Waals surface area (Å²) in [6, 6.07) is 17.8. The predicted molar refractivity (Wildman–Crippen MR) is 130 cm³/mol. The van der Waals surface area contributed by atoms with Gasteiger partial charge < -0.3 is 0 Å². The lowest BCUT2D eigenvalue weighted by molar-refractivity contribution is -0.141. The van der Waals surface area contributed by atoms with E-state index in [0.717, 1.165) is 11.6 Å². The smallest absolute Gasteiger partial charge is 0.267 e. The van der Waals surface area contributed by atoms with Crippen molar-refractivity contribution in [3.05, 3.63) is 98.6 Å². The number of aromatic nitrogens is 3. The van der Waals surface area contributed by atoms with E-state index in [0.29, 0.717) is 38.4 Å². The number of pyridine rings is 1. The van der Waals surface area contributed by atoms with Gasteiger partial charge in [-0.2, -0.15) is 23.5 Å². The first kappa shape index (κ1) is 24.2. The zero-order valence-corrected chi connectivity index (χ0v) is 19.4. The molecule has 35 heavy (non-hydrogen) atoms. The van der Waals surface area contributed by atoms with Crippen LogP contribution in [-0.2, 0) is 12.7 Å². The highest BCUT2D eigenvalue weighted by molar-refractivity contribution is 6.35. The Morgan fingerprint density at radius 1 is 1.00 bits per heavy atom. The molecule has 0 N–H and O–H groups in total. The highest BCUT2D eigenvalue weighted by atomic mass is 35.5. The third-order valence-corrected chi connectivity index (χ3v) is 5.82. The average molecular weight is 493 g/mol. The molecule has 0 fully saturated rings. The highest BCUT2D eigenvalue weighted by Gasteiger charge is 2.32. The van der Waals surface area contributed by atoms with E-state index in [1.165, 1.54) is 17.7 Å². The number of nitrogens with zero attached hydrogens (tertiary/aromatic N) is 4. The van der Waals surface area contributed by atoms with Crippen molar-refractivity contribution in [3.63, 3.8) is 0 Å². The number of rotatable bonds is 4. The molecule has 10 heteroatoms. The maximum Gasteiger partial charge on any atom is 0.433 e. The first-order chi connectivity index (χ1) is 16.6. The van der Waals surface area contributed by atoms with Crippen molar-refractivity contribution in [2.24, 2.45) is 0 Å². The van der Waals surface area contributed by atoms with Gasteiger partial charge in [-0.15, -0.1) is 0 Å². The Hall–Kier alpha value is -3.90. The largest absolute Gasteiger partial charge is 0.433 e. The molecule has 2 heterocycles. The number of hydrogen-bond acceptors (Lipinski definition) is 4. The quantitative estimate of drug-likeness (QED) is 0.402. The van der Waals surface area contributed by atoms with Crippen LogP contribution >= 0.6 is 11.6 Å². The van der Waals surface area contributed by atoms with Gasteiger partial charge in [0.25, 0.3) is 5.56 Å². The summed E-state index contributed by atoms with van der Waals surface area (Å²) in [6.45, 7) is 1.41. The molecule has 174 valence electrons. The fourth-order valence-corrected chi connectivity index (χ4v) is 3.95. The molecule has 5 nitrogen and oxygen atoms in total. The van der Waals surface area contributed by atoms with Gasteiger partial charge in [-0.1, -0.05) is 41.9 Å². The lowest BCUT2D eigenvalue weighted by atomic mass is 9.87. The zero-order chi connectivity index (χ0) is 25.3. The molecule has 2 aromatic carbocycles. The SMILES string of the molecule is Bc1nn(Cc2ccc(C(F)(F)F)nc2C)c(=O)c(-c2ccc(C#N)cc2)c1-c1ccc(Cl)cc1. The van der Waals surface area contributed by atoms with E-state index in [2.05, 4.69) is 16.2 Å². The molecule has 0 radical (unpaired) electrons. The van der Waals surface area contributed by atoms with Gasteiger partial charge in [0.15, 0.2) is 7.85 Å². The van der Waals surface area contributed by atoms with E-state index in [1.54, 1.807) is 56.4 Å². The van der Waals surface area contributed by atoms with Crippen molar-refractivity contribution >= 4 is 25.0 Å². The van der Waals surface area contributed by atoms with Crippen LogP contribution in [0, 0.1) is 18.3 Å². The normalized spacial score (nSPS) is 11.3. The maximum absolute atomic E-state index is 13.7. The van der Waals surface area contributed by atoms with E-state index in [-0.39, 0.29) is 12.2 Å². The van der Waals surface area contributed by atoms with Crippen LogP contribution in [-0.4, -0.2) is 22.6 Å². The molecular weight excluding hydrogens is 476 g/mol. The van der Waals surface area contributed by atoms with E-state index < -0.39 is 17.4 Å². The fourth-order valence-electron chi connectivity index (χ4n) is 3.83. The second-order valence-electron chi connectivity index (χ2n) is 7.93. The predicted octanol–water partition coefficient (Wildman–Crippen LogP) is 4.13. The minimum absolute atomic E-state index is 0.0547. The molecule has 4 rings (SSSR count). The van der Waals surface area contributed by atoms with Gasteiger partial charge in [-0.05, 0) is 53.9 Å². The molecule has 4 aromatic rings. The Balaban J connectivity index is 1.89. The van der Waals surface area contributed by atoms with E-state index >= 15 is 0 Å². The molecule has 0 saturated heterocycles. The van der Waals surface area contributed by atoms with Crippen LogP contribution in [0.4, 0.5) is 13.2 Å². The average Bonchev–Trinajstić information content (AvgIpc) is 2.82. The van der Waals surface area contributed by atoms with Crippen molar-refractivity contribution < 1.29 is 13.2 Å². The van der Waals surface area contributed by atoms with Crippen LogP contribution in [0.5, 0.6) is 0 Å². The Morgan fingerprint density at radius 3 is 2.17 bits per heavy atom. The number of nitriles is 1. The summed E-state index contributed by atoms with van der Waals surface area (Å²) in [5.74, 6) is 0. The first-order valence-electron chi connectivity index (χ1n) is 10.5. The number of aryl methyl sites for hydroxylation is 1. The first-order valence-corrected chi connectivity index (χ1v) is 10.9. The second-order valence-corrected chi connectivity index (χ2v) is 8.37. The lowest BCUT2D eigenvalue weighted by Crippen LogP contribution is -2.33. The number of hydrogen-bond donors (Lipinski definition) is 0. The summed E-state index contributed by atoms with van der Waals surface area (Å²) in [4.78, 5) is 17.3. The Labute approximate surface area is 204 Å². The molecule has 0 saturated carbocycles. The van der Waals surface area contributed by atoms with Gasteiger partial charge in [0.05, 0.1) is 23.7 Å². The van der Waals surface area contributed by atoms with E-state index in [1.807, 2.05) is 0 Å². The van der Waals surface area contributed by atoms with Crippen LogP contribution in [0.3, 0.4) is 0 Å². The lowest BCUT2D eigenvalue weighted by Gasteiger charge is -2.17. The summed E-state index contributed by atoms with van der Waals surface area (Å²) in [7, 11) is 1.75. The van der Waals surface area contributed by atoms with Gasteiger partial charge in [0.2, 0.25) is 0 Å². The summed E-state index contributed by atoms with van der Waals surface area (Å²) < 4.78 is 40.3. The van der Waals surface area contributed by atoms with Crippen LogP contribution in [0.1, 0.15) is 22.5 Å². The van der Waals surface area contributed by atoms with Gasteiger partial charge in [0.1, 0.15) is 5.69 Å². The molecule has 2 aromatic heterocycles. The van der Waals surface area contributed by atoms with Gasteiger partial charge in [-0.3, -0.25) is 4.79 Å². The number of halogens is 4. The Morgan fingerprint density at radius 2 is 1.60 bits per heavy atom. The Kier molecular flexibility index (Phi) is 6.50. The monoisotopic (exact) mass is 492 g/mol. The standard InChI is InChI=1S/C25H17BClF3N4O/c1-14-18(8-11-20(32-14)25(28,29)30)13-34-24(35)22(17-4-2-15(12-31)3-5-17)21(23(26)33-34)16-6-9-19(27)10-7-16/h2-11H,13,26H2,1H3. The summed E-state index contributed by atoms with van der Waals surface area (Å²) in [5.41, 5.74) is 2.46. The maximum atomic E-state index is 13.7. The fraction of sp³-hybridized carbons (Fsp3) is 0.120. The molecule has 0 unspecified atom stereocenters. The summed E-state index contributed by atoms with van der Waals surface area (Å²) in [6.07, 6.45) is -4.56. The van der Waals surface area contributed by atoms with Crippen molar-refractivity contribution in [2.75, 3.05) is 0 Å². The van der Waals surface area contributed by atoms with Crippen molar-refractivity contribution in [1.29, 1.82) is 5.26 Å². The topological polar surface area (TPSA) is 71.6 Å². The van der Waals surface area contributed by atoms with Crippen molar-refractivity contribution in [1.82, 2.24) is 14.8 Å².